The van der Waals surface area contributed by atoms with Crippen molar-refractivity contribution in [3.8, 4) is 0 Å². The SMILES string of the molecule is CNC(=O)[C@H]1[C@H]2C(=O)N([C@@H](CO)Cc3ccccc3)C(C(=O)NC(C)(C)CC(C)(C)C)C23CC[C@]1(C)O3. The number of carbonyl (C=O) groups excluding carboxylic acids is 3. The standard InChI is InChI=1S/C29H43N3O5/c1-26(2,3)17-27(4,5)31-24(35)22-29-14-13-28(6,37-29)20(23(34)30-7)21(29)25(36)32(22)19(16-33)15-18-11-9-8-10-12-18/h8-12,19-22,33H,13-17H2,1-7H3,(H,30,34)(H,31,35)/t19-,20-,21+,22?,28+,29?/m1/s1. The van der Waals surface area contributed by atoms with Crippen LogP contribution in [0.5, 0.6) is 0 Å². The van der Waals surface area contributed by atoms with Crippen molar-refractivity contribution in [3.63, 3.8) is 0 Å². The summed E-state index contributed by atoms with van der Waals surface area (Å²) >= 11 is 0. The number of likely N-dealkylation sites (tertiary alicyclic amines) is 1. The van der Waals surface area contributed by atoms with Crippen LogP contribution in [0.2, 0.25) is 0 Å². The minimum Gasteiger partial charge on any atom is -0.394 e. The first kappa shape index (κ1) is 27.6. The van der Waals surface area contributed by atoms with Crippen LogP contribution in [0.3, 0.4) is 0 Å². The molecule has 1 spiro atoms. The molecule has 4 rings (SSSR count). The van der Waals surface area contributed by atoms with Gasteiger partial charge in [0.2, 0.25) is 17.7 Å². The van der Waals surface area contributed by atoms with Crippen molar-refractivity contribution in [2.45, 2.75) is 96.1 Å². The molecule has 3 fully saturated rings. The van der Waals surface area contributed by atoms with Crippen LogP contribution < -0.4 is 10.6 Å². The molecule has 1 aromatic carbocycles. The smallest absolute Gasteiger partial charge is 0.246 e. The molecule has 6 atom stereocenters. The third kappa shape index (κ3) is 4.78. The summed E-state index contributed by atoms with van der Waals surface area (Å²) in [5, 5.41) is 16.4. The Morgan fingerprint density at radius 2 is 1.78 bits per heavy atom. The lowest BCUT2D eigenvalue weighted by Gasteiger charge is -2.40. The Bertz CT molecular complexity index is 1050. The molecule has 3 N–H and O–H groups in total. The van der Waals surface area contributed by atoms with Gasteiger partial charge in [0.15, 0.2) is 0 Å². The second-order valence-corrected chi connectivity index (χ2v) is 13.2. The van der Waals surface area contributed by atoms with Gasteiger partial charge in [0.05, 0.1) is 30.1 Å². The molecule has 0 aliphatic carbocycles. The zero-order chi connectivity index (χ0) is 27.4. The summed E-state index contributed by atoms with van der Waals surface area (Å²) in [7, 11) is 1.56. The first-order valence-corrected chi connectivity index (χ1v) is 13.4. The van der Waals surface area contributed by atoms with Gasteiger partial charge in [-0.25, -0.2) is 0 Å². The maximum atomic E-state index is 14.2. The van der Waals surface area contributed by atoms with Gasteiger partial charge in [0.1, 0.15) is 11.6 Å². The quantitative estimate of drug-likeness (QED) is 0.495. The summed E-state index contributed by atoms with van der Waals surface area (Å²) in [6.45, 7) is 11.9. The third-order valence-electron chi connectivity index (χ3n) is 8.34. The molecule has 3 aliphatic rings. The van der Waals surface area contributed by atoms with Crippen LogP contribution in [0.25, 0.3) is 0 Å². The minimum absolute atomic E-state index is 0.0240. The lowest BCUT2D eigenvalue weighted by molar-refractivity contribution is -0.150. The number of nitrogens with one attached hydrogen (secondary N) is 2. The second-order valence-electron chi connectivity index (χ2n) is 13.2. The molecule has 0 saturated carbocycles. The van der Waals surface area contributed by atoms with Crippen molar-refractivity contribution in [2.75, 3.05) is 13.7 Å². The predicted molar refractivity (Wildman–Crippen MR) is 140 cm³/mol. The molecule has 3 heterocycles. The van der Waals surface area contributed by atoms with E-state index in [1.54, 1.807) is 11.9 Å². The Kier molecular flexibility index (Phi) is 6.99. The molecule has 3 amide bonds. The number of benzene rings is 1. The average molecular weight is 514 g/mol. The highest BCUT2D eigenvalue weighted by atomic mass is 16.5. The lowest BCUT2D eigenvalue weighted by atomic mass is 9.66. The summed E-state index contributed by atoms with van der Waals surface area (Å²) < 4.78 is 6.64. The molecule has 2 bridgehead atoms. The van der Waals surface area contributed by atoms with E-state index in [-0.39, 0.29) is 29.7 Å². The summed E-state index contributed by atoms with van der Waals surface area (Å²) in [5.41, 5.74) is -1.54. The van der Waals surface area contributed by atoms with E-state index in [4.69, 9.17) is 4.74 Å². The van der Waals surface area contributed by atoms with Gasteiger partial charge in [0.25, 0.3) is 0 Å². The van der Waals surface area contributed by atoms with Crippen molar-refractivity contribution < 1.29 is 24.2 Å². The van der Waals surface area contributed by atoms with Crippen molar-refractivity contribution in [1.29, 1.82) is 0 Å². The maximum absolute atomic E-state index is 14.2. The third-order valence-corrected chi connectivity index (χ3v) is 8.34. The number of rotatable bonds is 8. The normalized spacial score (nSPS) is 31.8. The highest BCUT2D eigenvalue weighted by Gasteiger charge is 2.78. The molecule has 3 saturated heterocycles. The van der Waals surface area contributed by atoms with Gasteiger partial charge in [-0.1, -0.05) is 51.1 Å². The van der Waals surface area contributed by atoms with E-state index in [1.165, 1.54) is 0 Å². The van der Waals surface area contributed by atoms with E-state index in [2.05, 4.69) is 31.4 Å². The van der Waals surface area contributed by atoms with Crippen molar-refractivity contribution in [2.24, 2.45) is 17.3 Å². The lowest BCUT2D eigenvalue weighted by Crippen LogP contribution is -2.61. The molecule has 8 nitrogen and oxygen atoms in total. The Morgan fingerprint density at radius 3 is 2.35 bits per heavy atom. The van der Waals surface area contributed by atoms with E-state index in [0.29, 0.717) is 19.3 Å². The van der Waals surface area contributed by atoms with Crippen LogP contribution in [-0.4, -0.2) is 70.2 Å². The Hall–Kier alpha value is -2.45. The predicted octanol–water partition coefficient (Wildman–Crippen LogP) is 2.43. The second kappa shape index (κ2) is 9.38. The topological polar surface area (TPSA) is 108 Å². The molecule has 8 heteroatoms. The van der Waals surface area contributed by atoms with Crippen molar-refractivity contribution in [1.82, 2.24) is 15.5 Å². The Labute approximate surface area is 220 Å². The fraction of sp³-hybridized carbons (Fsp3) is 0.690. The number of ether oxygens (including phenoxy) is 1. The number of carbonyl (C=O) groups is 3. The van der Waals surface area contributed by atoms with Crippen LogP contribution in [0.15, 0.2) is 30.3 Å². The Morgan fingerprint density at radius 1 is 1.14 bits per heavy atom. The van der Waals surface area contributed by atoms with E-state index in [1.807, 2.05) is 51.1 Å². The van der Waals surface area contributed by atoms with Gasteiger partial charge in [-0.05, 0) is 57.4 Å². The molecular formula is C29H43N3O5. The van der Waals surface area contributed by atoms with E-state index >= 15 is 0 Å². The molecular weight excluding hydrogens is 470 g/mol. The number of fused-ring (bicyclic) bond motifs is 1. The largest absolute Gasteiger partial charge is 0.394 e. The molecule has 1 aromatic rings. The highest BCUT2D eigenvalue weighted by Crippen LogP contribution is 2.63. The van der Waals surface area contributed by atoms with E-state index in [9.17, 15) is 19.5 Å². The van der Waals surface area contributed by atoms with Crippen LogP contribution in [0, 0.1) is 17.3 Å². The number of aliphatic hydroxyl groups excluding tert-OH is 1. The monoisotopic (exact) mass is 513 g/mol. The van der Waals surface area contributed by atoms with Gasteiger partial charge in [-0.2, -0.15) is 0 Å². The summed E-state index contributed by atoms with van der Waals surface area (Å²) in [5.74, 6) is -2.31. The molecule has 204 valence electrons. The van der Waals surface area contributed by atoms with Crippen LogP contribution >= 0.6 is 0 Å². The van der Waals surface area contributed by atoms with Crippen molar-refractivity contribution >= 4 is 17.7 Å². The van der Waals surface area contributed by atoms with Crippen LogP contribution in [0.1, 0.15) is 66.4 Å². The van der Waals surface area contributed by atoms with Gasteiger partial charge in [-0.3, -0.25) is 14.4 Å². The average Bonchev–Trinajstić information content (AvgIpc) is 3.36. The zero-order valence-corrected chi connectivity index (χ0v) is 23.3. The van der Waals surface area contributed by atoms with E-state index in [0.717, 1.165) is 12.0 Å². The number of amides is 3. The minimum atomic E-state index is -1.12. The number of hydrogen-bond donors (Lipinski definition) is 3. The number of nitrogens with zero attached hydrogens (tertiary/aromatic N) is 1. The van der Waals surface area contributed by atoms with Gasteiger partial charge in [0, 0.05) is 12.6 Å². The van der Waals surface area contributed by atoms with Crippen LogP contribution in [0.4, 0.5) is 0 Å². The summed E-state index contributed by atoms with van der Waals surface area (Å²) in [6.07, 6.45) is 2.21. The Balaban J connectivity index is 1.77. The van der Waals surface area contributed by atoms with Gasteiger partial charge in [-0.15, -0.1) is 0 Å². The molecule has 0 aromatic heterocycles. The first-order chi connectivity index (χ1) is 17.2. The summed E-state index contributed by atoms with van der Waals surface area (Å²) in [4.78, 5) is 43.0. The van der Waals surface area contributed by atoms with Gasteiger partial charge < -0.3 is 25.4 Å². The van der Waals surface area contributed by atoms with E-state index < -0.39 is 40.7 Å². The molecule has 37 heavy (non-hydrogen) atoms. The van der Waals surface area contributed by atoms with Crippen molar-refractivity contribution in [3.05, 3.63) is 35.9 Å². The maximum Gasteiger partial charge on any atom is 0.246 e. The van der Waals surface area contributed by atoms with Gasteiger partial charge >= 0.3 is 0 Å². The fourth-order valence-corrected chi connectivity index (χ4v) is 7.52. The van der Waals surface area contributed by atoms with Crippen LogP contribution in [-0.2, 0) is 25.5 Å². The number of aliphatic hydroxyl groups is 1. The summed E-state index contributed by atoms with van der Waals surface area (Å²) in [6, 6.07) is 8.06. The fourth-order valence-electron chi connectivity index (χ4n) is 7.52. The highest BCUT2D eigenvalue weighted by molar-refractivity contribution is 5.99. The molecule has 0 radical (unpaired) electrons. The molecule has 3 aliphatic heterocycles. The zero-order valence-electron chi connectivity index (χ0n) is 23.3. The number of hydrogen-bond acceptors (Lipinski definition) is 5. The molecule has 2 unspecified atom stereocenters. The first-order valence-electron chi connectivity index (χ1n) is 13.4.